The molecule has 0 fully saturated rings. The summed E-state index contributed by atoms with van der Waals surface area (Å²) >= 11 is 0. The lowest BCUT2D eigenvalue weighted by Gasteiger charge is -2.05. The van der Waals surface area contributed by atoms with Gasteiger partial charge < -0.3 is 10.1 Å². The maximum Gasteiger partial charge on any atom is 0.137 e. The molecule has 2 N–H and O–H groups in total. The van der Waals surface area contributed by atoms with Crippen LogP contribution in [0.2, 0.25) is 0 Å². The fraction of sp³-hybridized carbons (Fsp3) is 0. The van der Waals surface area contributed by atoms with Crippen LogP contribution in [0, 0.1) is 6.07 Å². The highest BCUT2D eigenvalue weighted by Crippen LogP contribution is 2.32. The Morgan fingerprint density at radius 3 is 3.00 bits per heavy atom. The van der Waals surface area contributed by atoms with Crippen molar-refractivity contribution in [1.82, 2.24) is 9.97 Å². The second-order valence-electron chi connectivity index (χ2n) is 3.54. The van der Waals surface area contributed by atoms with Crippen molar-refractivity contribution in [2.45, 2.75) is 0 Å². The molecule has 3 heteroatoms. The van der Waals surface area contributed by atoms with E-state index in [0.717, 1.165) is 22.2 Å². The molecule has 0 bridgehead atoms. The number of aromatic hydroxyl groups is 1. The van der Waals surface area contributed by atoms with E-state index in [2.05, 4.69) is 16.0 Å². The minimum atomic E-state index is 0.233. The van der Waals surface area contributed by atoms with E-state index in [4.69, 9.17) is 0 Å². The molecule has 3 aromatic rings. The Labute approximate surface area is 92.4 Å². The van der Waals surface area contributed by atoms with Gasteiger partial charge in [0.2, 0.25) is 0 Å². The van der Waals surface area contributed by atoms with Crippen LogP contribution in [-0.2, 0) is 0 Å². The number of rotatable bonds is 1. The van der Waals surface area contributed by atoms with Crippen molar-refractivity contribution in [3.05, 3.63) is 48.8 Å². The number of fused-ring (bicyclic) bond motifs is 1. The third-order valence-corrected chi connectivity index (χ3v) is 2.59. The third-order valence-electron chi connectivity index (χ3n) is 2.59. The summed E-state index contributed by atoms with van der Waals surface area (Å²) in [6.45, 7) is 0. The molecular weight excluding hydrogens is 200 g/mol. The highest BCUT2D eigenvalue weighted by Gasteiger charge is 2.08. The predicted octanol–water partition coefficient (Wildman–Crippen LogP) is 2.74. The minimum Gasteiger partial charge on any atom is -0.507 e. The van der Waals surface area contributed by atoms with Crippen molar-refractivity contribution < 1.29 is 5.11 Å². The van der Waals surface area contributed by atoms with Crippen molar-refractivity contribution >= 4 is 11.0 Å². The van der Waals surface area contributed by atoms with Crippen LogP contribution < -0.4 is 0 Å². The Morgan fingerprint density at radius 1 is 1.19 bits per heavy atom. The van der Waals surface area contributed by atoms with Crippen LogP contribution in [0.4, 0.5) is 0 Å². The Hall–Kier alpha value is -2.29. The normalized spacial score (nSPS) is 10.8. The van der Waals surface area contributed by atoms with Gasteiger partial charge in [0.15, 0.2) is 0 Å². The first-order chi connectivity index (χ1) is 7.86. The zero-order valence-electron chi connectivity index (χ0n) is 8.44. The monoisotopic (exact) mass is 209 g/mol. The smallest absolute Gasteiger partial charge is 0.137 e. The molecule has 0 aliphatic rings. The maximum atomic E-state index is 9.80. The quantitative estimate of drug-likeness (QED) is 0.647. The predicted molar refractivity (Wildman–Crippen MR) is 62.0 cm³/mol. The zero-order valence-corrected chi connectivity index (χ0v) is 8.44. The SMILES string of the molecule is Oc1c[c]ccc1-c1ccnc2[nH]ccc12. The van der Waals surface area contributed by atoms with Crippen molar-refractivity contribution in [1.29, 1.82) is 0 Å². The number of aromatic nitrogens is 2. The largest absolute Gasteiger partial charge is 0.507 e. The molecule has 0 aliphatic carbocycles. The lowest BCUT2D eigenvalue weighted by Crippen LogP contribution is -1.82. The van der Waals surface area contributed by atoms with E-state index in [1.54, 1.807) is 18.3 Å². The first-order valence-corrected chi connectivity index (χ1v) is 4.98. The van der Waals surface area contributed by atoms with Gasteiger partial charge >= 0.3 is 0 Å². The van der Waals surface area contributed by atoms with Crippen LogP contribution in [0.5, 0.6) is 5.75 Å². The number of hydrogen-bond donors (Lipinski definition) is 2. The number of nitrogens with one attached hydrogen (secondary N) is 1. The number of benzene rings is 1. The number of phenolic OH excluding ortho intramolecular Hbond substituents is 1. The molecular formula is C13H9N2O. The molecule has 2 heterocycles. The van der Waals surface area contributed by atoms with Crippen LogP contribution >= 0.6 is 0 Å². The Bertz CT molecular complexity index is 643. The van der Waals surface area contributed by atoms with Crippen molar-refractivity contribution in [3.8, 4) is 16.9 Å². The zero-order chi connectivity index (χ0) is 11.0. The average molecular weight is 209 g/mol. The maximum absolute atomic E-state index is 9.80. The lowest BCUT2D eigenvalue weighted by atomic mass is 10.0. The molecule has 0 saturated carbocycles. The summed E-state index contributed by atoms with van der Waals surface area (Å²) in [6, 6.07) is 11.9. The van der Waals surface area contributed by atoms with Crippen LogP contribution in [-0.4, -0.2) is 15.1 Å². The Kier molecular flexibility index (Phi) is 1.90. The second kappa shape index (κ2) is 3.38. The van der Waals surface area contributed by atoms with E-state index in [0.29, 0.717) is 0 Å². The van der Waals surface area contributed by atoms with Crippen LogP contribution in [0.3, 0.4) is 0 Å². The summed E-state index contributed by atoms with van der Waals surface area (Å²) in [6.07, 6.45) is 3.57. The fourth-order valence-corrected chi connectivity index (χ4v) is 1.85. The van der Waals surface area contributed by atoms with Crippen LogP contribution in [0.15, 0.2) is 42.7 Å². The number of hydrogen-bond acceptors (Lipinski definition) is 2. The van der Waals surface area contributed by atoms with Gasteiger partial charge in [0.25, 0.3) is 0 Å². The van der Waals surface area contributed by atoms with Gasteiger partial charge in [0, 0.05) is 23.3 Å². The van der Waals surface area contributed by atoms with Crippen molar-refractivity contribution in [2.24, 2.45) is 0 Å². The van der Waals surface area contributed by atoms with Gasteiger partial charge in [-0.05, 0) is 29.8 Å². The van der Waals surface area contributed by atoms with Gasteiger partial charge in [-0.15, -0.1) is 0 Å². The summed E-state index contributed by atoms with van der Waals surface area (Å²) in [7, 11) is 0. The van der Waals surface area contributed by atoms with Gasteiger partial charge in [-0.1, -0.05) is 12.1 Å². The van der Waals surface area contributed by atoms with E-state index in [9.17, 15) is 5.11 Å². The molecule has 16 heavy (non-hydrogen) atoms. The molecule has 1 aromatic carbocycles. The summed E-state index contributed by atoms with van der Waals surface area (Å²) in [4.78, 5) is 7.26. The van der Waals surface area contributed by atoms with Crippen molar-refractivity contribution in [2.75, 3.05) is 0 Å². The molecule has 0 amide bonds. The van der Waals surface area contributed by atoms with E-state index >= 15 is 0 Å². The number of nitrogens with zero attached hydrogens (tertiary/aromatic N) is 1. The fourth-order valence-electron chi connectivity index (χ4n) is 1.85. The molecule has 0 saturated heterocycles. The highest BCUT2D eigenvalue weighted by atomic mass is 16.3. The molecule has 3 rings (SSSR count). The van der Waals surface area contributed by atoms with Gasteiger partial charge in [-0.3, -0.25) is 0 Å². The van der Waals surface area contributed by atoms with Gasteiger partial charge in [-0.2, -0.15) is 0 Å². The Morgan fingerprint density at radius 2 is 2.12 bits per heavy atom. The average Bonchev–Trinajstić information content (AvgIpc) is 2.77. The van der Waals surface area contributed by atoms with Gasteiger partial charge in [-0.25, -0.2) is 4.98 Å². The molecule has 2 aromatic heterocycles. The number of aromatic amines is 1. The van der Waals surface area contributed by atoms with Gasteiger partial charge in [0.05, 0.1) is 0 Å². The van der Waals surface area contributed by atoms with Crippen LogP contribution in [0.1, 0.15) is 0 Å². The molecule has 3 nitrogen and oxygen atoms in total. The summed E-state index contributed by atoms with van der Waals surface area (Å²) < 4.78 is 0. The standard InChI is InChI=1S/C13H9N2O/c16-12-4-2-1-3-10(12)9-5-7-14-13-11(9)6-8-15-13/h1,3-8,16H,(H,14,15). The molecule has 77 valence electrons. The first-order valence-electron chi connectivity index (χ1n) is 4.98. The highest BCUT2D eigenvalue weighted by molar-refractivity contribution is 5.94. The van der Waals surface area contributed by atoms with Gasteiger partial charge in [0.1, 0.15) is 11.4 Å². The second-order valence-corrected chi connectivity index (χ2v) is 3.54. The van der Waals surface area contributed by atoms with Crippen LogP contribution in [0.25, 0.3) is 22.2 Å². The van der Waals surface area contributed by atoms with E-state index in [1.807, 2.05) is 24.4 Å². The number of H-pyrrole nitrogens is 1. The lowest BCUT2D eigenvalue weighted by molar-refractivity contribution is 0.477. The number of phenols is 1. The van der Waals surface area contributed by atoms with Crippen molar-refractivity contribution in [3.63, 3.8) is 0 Å². The van der Waals surface area contributed by atoms with E-state index in [1.165, 1.54) is 0 Å². The Balaban J connectivity index is 2.34. The molecule has 1 radical (unpaired) electrons. The molecule has 0 spiro atoms. The molecule has 0 aliphatic heterocycles. The van der Waals surface area contributed by atoms with E-state index in [-0.39, 0.29) is 5.75 Å². The summed E-state index contributed by atoms with van der Waals surface area (Å²) in [5, 5.41) is 10.8. The number of pyridine rings is 1. The molecule has 0 unspecified atom stereocenters. The molecule has 0 atom stereocenters. The summed E-state index contributed by atoms with van der Waals surface area (Å²) in [5.41, 5.74) is 2.59. The summed E-state index contributed by atoms with van der Waals surface area (Å²) in [5.74, 6) is 0.233. The van der Waals surface area contributed by atoms with E-state index < -0.39 is 0 Å². The third kappa shape index (κ3) is 1.26. The topological polar surface area (TPSA) is 48.9 Å². The first kappa shape index (κ1) is 8.97. The minimum absolute atomic E-state index is 0.233.